The Morgan fingerprint density at radius 3 is 2.11 bits per heavy atom. The van der Waals surface area contributed by atoms with Crippen LogP contribution in [-0.4, -0.2) is 39.3 Å². The molecule has 0 aromatic heterocycles. The number of nitrogens with zero attached hydrogens (tertiary/aromatic N) is 1. The van der Waals surface area contributed by atoms with E-state index in [4.69, 9.17) is 4.18 Å². The molecule has 1 heterocycles. The van der Waals surface area contributed by atoms with Crippen LogP contribution in [0.1, 0.15) is 21.5 Å². The number of ether oxygens (including phenoxy) is 1. The van der Waals surface area contributed by atoms with Crippen molar-refractivity contribution in [1.82, 2.24) is 5.32 Å². The van der Waals surface area contributed by atoms with E-state index in [2.05, 4.69) is 10.1 Å². The zero-order valence-corrected chi connectivity index (χ0v) is 20.4. The summed E-state index contributed by atoms with van der Waals surface area (Å²) in [7, 11) is -2.82. The number of hydrogen-bond acceptors (Lipinski definition) is 8. The standard InChI is InChI=1S/C26H20N2O8S/c1-16-3-13-21(14-4-16)37(33,34)36-20-11-5-17(6-12-20)15-22-23(29)27-26(32)28(24(22)30)19-9-7-18(8-10-19)25(31)35-2/h3-15H,1-2H3,(H,27,29,32)/b22-15+. The minimum Gasteiger partial charge on any atom is -0.465 e. The van der Waals surface area contributed by atoms with Crippen LogP contribution in [0.15, 0.2) is 83.3 Å². The summed E-state index contributed by atoms with van der Waals surface area (Å²) in [5.41, 5.74) is 1.32. The first-order valence-corrected chi connectivity index (χ1v) is 12.2. The Bertz CT molecular complexity index is 1520. The quantitative estimate of drug-likeness (QED) is 0.226. The molecule has 1 N–H and O–H groups in total. The minimum absolute atomic E-state index is 0.00172. The molecule has 1 fully saturated rings. The average Bonchev–Trinajstić information content (AvgIpc) is 2.87. The molecule has 0 aliphatic carbocycles. The van der Waals surface area contributed by atoms with Gasteiger partial charge in [-0.3, -0.25) is 14.9 Å². The van der Waals surface area contributed by atoms with Crippen LogP contribution in [0.3, 0.4) is 0 Å². The highest BCUT2D eigenvalue weighted by molar-refractivity contribution is 7.87. The van der Waals surface area contributed by atoms with Crippen molar-refractivity contribution >= 4 is 45.7 Å². The van der Waals surface area contributed by atoms with Crippen molar-refractivity contribution in [1.29, 1.82) is 0 Å². The van der Waals surface area contributed by atoms with Crippen LogP contribution in [0, 0.1) is 6.92 Å². The van der Waals surface area contributed by atoms with Crippen LogP contribution in [-0.2, 0) is 24.4 Å². The third-order valence-electron chi connectivity index (χ3n) is 5.35. The Labute approximate surface area is 212 Å². The van der Waals surface area contributed by atoms with Gasteiger partial charge in [-0.1, -0.05) is 29.8 Å². The van der Waals surface area contributed by atoms with Gasteiger partial charge in [0.1, 0.15) is 16.2 Å². The molecule has 188 valence electrons. The van der Waals surface area contributed by atoms with Gasteiger partial charge in [-0.15, -0.1) is 0 Å². The first kappa shape index (κ1) is 25.3. The van der Waals surface area contributed by atoms with Crippen LogP contribution in [0.4, 0.5) is 10.5 Å². The molecule has 4 rings (SSSR count). The summed E-state index contributed by atoms with van der Waals surface area (Å²) in [6.07, 6.45) is 1.26. The second-order valence-electron chi connectivity index (χ2n) is 7.92. The number of carbonyl (C=O) groups excluding carboxylic acids is 4. The molecule has 4 amide bonds. The van der Waals surface area contributed by atoms with Gasteiger partial charge in [-0.25, -0.2) is 14.5 Å². The van der Waals surface area contributed by atoms with E-state index in [0.29, 0.717) is 5.56 Å². The lowest BCUT2D eigenvalue weighted by Crippen LogP contribution is -2.54. The number of aryl methyl sites for hydroxylation is 1. The van der Waals surface area contributed by atoms with E-state index in [9.17, 15) is 27.6 Å². The van der Waals surface area contributed by atoms with E-state index in [-0.39, 0.29) is 27.5 Å². The molecule has 0 radical (unpaired) electrons. The van der Waals surface area contributed by atoms with Gasteiger partial charge >= 0.3 is 22.1 Å². The number of amides is 4. The lowest BCUT2D eigenvalue weighted by molar-refractivity contribution is -0.122. The lowest BCUT2D eigenvalue weighted by atomic mass is 10.1. The van der Waals surface area contributed by atoms with E-state index in [1.54, 1.807) is 12.1 Å². The van der Waals surface area contributed by atoms with Crippen molar-refractivity contribution in [2.24, 2.45) is 0 Å². The van der Waals surface area contributed by atoms with Gasteiger partial charge in [-0.05, 0) is 67.1 Å². The molecule has 0 saturated carbocycles. The maximum absolute atomic E-state index is 13.0. The number of urea groups is 1. The number of methoxy groups -OCH3 is 1. The molecule has 3 aromatic rings. The predicted molar refractivity (Wildman–Crippen MR) is 132 cm³/mol. The van der Waals surface area contributed by atoms with Crippen LogP contribution in [0.2, 0.25) is 0 Å². The summed E-state index contributed by atoms with van der Waals surface area (Å²) >= 11 is 0. The first-order chi connectivity index (χ1) is 17.6. The molecule has 0 atom stereocenters. The number of benzene rings is 3. The van der Waals surface area contributed by atoms with E-state index in [1.165, 1.54) is 73.8 Å². The number of nitrogens with one attached hydrogen (secondary N) is 1. The summed E-state index contributed by atoms with van der Waals surface area (Å²) in [5, 5.41) is 2.11. The molecule has 0 unspecified atom stereocenters. The van der Waals surface area contributed by atoms with Gasteiger partial charge in [0.15, 0.2) is 0 Å². The van der Waals surface area contributed by atoms with E-state index >= 15 is 0 Å². The van der Waals surface area contributed by atoms with Crippen LogP contribution < -0.4 is 14.4 Å². The van der Waals surface area contributed by atoms with Gasteiger partial charge in [0, 0.05) is 0 Å². The monoisotopic (exact) mass is 520 g/mol. The Kier molecular flexibility index (Phi) is 6.89. The number of barbiturate groups is 1. The highest BCUT2D eigenvalue weighted by Crippen LogP contribution is 2.24. The molecule has 11 heteroatoms. The third kappa shape index (κ3) is 5.41. The van der Waals surface area contributed by atoms with Crippen LogP contribution in [0.25, 0.3) is 6.08 Å². The van der Waals surface area contributed by atoms with Gasteiger partial charge in [-0.2, -0.15) is 8.42 Å². The third-order valence-corrected chi connectivity index (χ3v) is 6.62. The Morgan fingerprint density at radius 1 is 0.892 bits per heavy atom. The SMILES string of the molecule is COC(=O)c1ccc(N2C(=O)NC(=O)/C(=C\c3ccc(OS(=O)(=O)c4ccc(C)cc4)cc3)C2=O)cc1. The first-order valence-electron chi connectivity index (χ1n) is 10.8. The van der Waals surface area contributed by atoms with Crippen molar-refractivity contribution in [3.63, 3.8) is 0 Å². The highest BCUT2D eigenvalue weighted by Gasteiger charge is 2.36. The predicted octanol–water partition coefficient (Wildman–Crippen LogP) is 3.22. The van der Waals surface area contributed by atoms with Crippen molar-refractivity contribution in [3.05, 3.63) is 95.1 Å². The molecular weight excluding hydrogens is 500 g/mol. The number of esters is 1. The summed E-state index contributed by atoms with van der Waals surface area (Å²) in [6.45, 7) is 1.83. The number of hydrogen-bond donors (Lipinski definition) is 1. The van der Waals surface area contributed by atoms with Crippen molar-refractivity contribution in [3.8, 4) is 5.75 Å². The Balaban J connectivity index is 1.55. The molecule has 1 aliphatic rings. The minimum atomic E-state index is -4.05. The number of rotatable bonds is 6. The van der Waals surface area contributed by atoms with E-state index in [1.807, 2.05) is 6.92 Å². The summed E-state index contributed by atoms with van der Waals surface area (Å²) < 4.78 is 34.8. The van der Waals surface area contributed by atoms with Crippen LogP contribution >= 0.6 is 0 Å². The van der Waals surface area contributed by atoms with Gasteiger partial charge in [0.25, 0.3) is 11.8 Å². The highest BCUT2D eigenvalue weighted by atomic mass is 32.2. The summed E-state index contributed by atoms with van der Waals surface area (Å²) in [5.74, 6) is -2.32. The fraction of sp³-hybridized carbons (Fsp3) is 0.0769. The zero-order valence-electron chi connectivity index (χ0n) is 19.6. The van der Waals surface area contributed by atoms with Crippen LogP contribution in [0.5, 0.6) is 5.75 Å². The zero-order chi connectivity index (χ0) is 26.7. The normalized spacial score (nSPS) is 14.9. The largest absolute Gasteiger partial charge is 0.465 e. The maximum atomic E-state index is 13.0. The fourth-order valence-corrected chi connectivity index (χ4v) is 4.35. The smallest absolute Gasteiger partial charge is 0.339 e. The summed E-state index contributed by atoms with van der Waals surface area (Å²) in [6, 6.07) is 16.4. The van der Waals surface area contributed by atoms with Crippen molar-refractivity contribution in [2.75, 3.05) is 12.0 Å². The topological polar surface area (TPSA) is 136 Å². The average molecular weight is 521 g/mol. The second kappa shape index (κ2) is 10.1. The molecule has 3 aromatic carbocycles. The summed E-state index contributed by atoms with van der Waals surface area (Å²) in [4.78, 5) is 50.2. The second-order valence-corrected chi connectivity index (χ2v) is 9.46. The Morgan fingerprint density at radius 2 is 1.51 bits per heavy atom. The fourth-order valence-electron chi connectivity index (χ4n) is 3.42. The molecule has 1 aliphatic heterocycles. The number of anilines is 1. The molecular formula is C26H20N2O8S. The molecule has 0 bridgehead atoms. The van der Waals surface area contributed by atoms with Gasteiger partial charge in [0.2, 0.25) is 0 Å². The molecule has 0 spiro atoms. The number of imide groups is 2. The van der Waals surface area contributed by atoms with Crippen molar-refractivity contribution in [2.45, 2.75) is 11.8 Å². The number of carbonyl (C=O) groups is 4. The lowest BCUT2D eigenvalue weighted by Gasteiger charge is -2.26. The van der Waals surface area contributed by atoms with Gasteiger partial charge in [0.05, 0.1) is 18.4 Å². The van der Waals surface area contributed by atoms with E-state index < -0.39 is 33.9 Å². The van der Waals surface area contributed by atoms with E-state index in [0.717, 1.165) is 10.5 Å². The van der Waals surface area contributed by atoms with Crippen molar-refractivity contribution < 1.29 is 36.5 Å². The Hall–Kier alpha value is -4.77. The van der Waals surface area contributed by atoms with Gasteiger partial charge < -0.3 is 8.92 Å². The maximum Gasteiger partial charge on any atom is 0.339 e. The molecule has 1 saturated heterocycles. The molecule has 37 heavy (non-hydrogen) atoms. The molecule has 10 nitrogen and oxygen atoms in total.